The van der Waals surface area contributed by atoms with Crippen LogP contribution in [0.25, 0.3) is 0 Å². The number of rotatable bonds is 12. The Hall–Kier alpha value is -0.820. The molecule has 0 saturated carbocycles. The average molecular weight is 249 g/mol. The monoisotopic (exact) mass is 249 g/mol. The second kappa shape index (κ2) is 16.2. The van der Waals surface area contributed by atoms with Crippen LogP contribution in [0.15, 0.2) is 36.5 Å². The van der Waals surface area contributed by atoms with Crippen molar-refractivity contribution in [1.29, 1.82) is 0 Å². The first-order chi connectivity index (χ1) is 8.91. The summed E-state index contributed by atoms with van der Waals surface area (Å²) in [5, 5.41) is 0. The third-order valence-electron chi connectivity index (χ3n) is 2.90. The number of allylic oxidation sites excluding steroid dienone is 6. The van der Waals surface area contributed by atoms with Crippen LogP contribution >= 0.6 is 0 Å². The van der Waals surface area contributed by atoms with Crippen molar-refractivity contribution in [2.45, 2.75) is 64.7 Å². The highest BCUT2D eigenvalue weighted by molar-refractivity contribution is 5.10. The number of nitrogens with two attached hydrogens (primary N) is 1. The summed E-state index contributed by atoms with van der Waals surface area (Å²) < 4.78 is 0. The third-order valence-corrected chi connectivity index (χ3v) is 2.90. The second-order valence-corrected chi connectivity index (χ2v) is 4.73. The smallest absolute Gasteiger partial charge is 0.00773 e. The predicted molar refractivity (Wildman–Crippen MR) is 83.7 cm³/mol. The van der Waals surface area contributed by atoms with Gasteiger partial charge in [0, 0.05) is 0 Å². The maximum atomic E-state index is 5.45. The van der Waals surface area contributed by atoms with E-state index in [2.05, 4.69) is 43.4 Å². The van der Waals surface area contributed by atoms with Gasteiger partial charge in [-0.1, -0.05) is 69.1 Å². The van der Waals surface area contributed by atoms with Crippen LogP contribution in [0, 0.1) is 0 Å². The molecule has 0 aromatic rings. The Kier molecular flexibility index (Phi) is 15.4. The minimum atomic E-state index is 0.836. The van der Waals surface area contributed by atoms with Gasteiger partial charge in [0.25, 0.3) is 0 Å². The molecule has 0 saturated heterocycles. The fourth-order valence-corrected chi connectivity index (χ4v) is 1.75. The first-order valence-electron chi connectivity index (χ1n) is 7.60. The van der Waals surface area contributed by atoms with Crippen LogP contribution in [0.5, 0.6) is 0 Å². The van der Waals surface area contributed by atoms with Crippen molar-refractivity contribution in [3.8, 4) is 0 Å². The van der Waals surface area contributed by atoms with Crippen molar-refractivity contribution < 1.29 is 0 Å². The highest BCUT2D eigenvalue weighted by Crippen LogP contribution is 2.03. The van der Waals surface area contributed by atoms with E-state index >= 15 is 0 Å². The summed E-state index contributed by atoms with van der Waals surface area (Å²) in [7, 11) is 0. The molecule has 0 spiro atoms. The Balaban J connectivity index is 3.29. The van der Waals surface area contributed by atoms with E-state index in [0.717, 1.165) is 6.54 Å². The zero-order valence-electron chi connectivity index (χ0n) is 12.1. The molecule has 0 bridgehead atoms. The molecule has 0 heterocycles. The third kappa shape index (κ3) is 15.2. The van der Waals surface area contributed by atoms with Gasteiger partial charge in [-0.25, -0.2) is 0 Å². The Morgan fingerprint density at radius 2 is 1.22 bits per heavy atom. The van der Waals surface area contributed by atoms with E-state index < -0.39 is 0 Å². The molecule has 1 heteroatoms. The predicted octanol–water partition coefficient (Wildman–Crippen LogP) is 5.14. The maximum absolute atomic E-state index is 5.45. The number of unbranched alkanes of at least 4 members (excludes halogenated alkanes) is 7. The lowest BCUT2D eigenvalue weighted by Gasteiger charge is -1.95. The van der Waals surface area contributed by atoms with Gasteiger partial charge < -0.3 is 5.73 Å². The summed E-state index contributed by atoms with van der Waals surface area (Å²) in [6, 6.07) is 0. The van der Waals surface area contributed by atoms with Crippen molar-refractivity contribution in [2.75, 3.05) is 6.54 Å². The van der Waals surface area contributed by atoms with Gasteiger partial charge in [-0.2, -0.15) is 0 Å². The van der Waals surface area contributed by atoms with Crippen molar-refractivity contribution in [3.63, 3.8) is 0 Å². The van der Waals surface area contributed by atoms with Crippen LogP contribution in [-0.4, -0.2) is 6.54 Å². The molecule has 1 nitrogen and oxygen atoms in total. The summed E-state index contributed by atoms with van der Waals surface area (Å²) in [4.78, 5) is 0. The Morgan fingerprint density at radius 1 is 0.667 bits per heavy atom. The van der Waals surface area contributed by atoms with Gasteiger partial charge in [0.15, 0.2) is 0 Å². The van der Waals surface area contributed by atoms with Crippen LogP contribution in [0.2, 0.25) is 0 Å². The summed E-state index contributed by atoms with van der Waals surface area (Å²) in [5.74, 6) is 0. The molecule has 0 rings (SSSR count). The topological polar surface area (TPSA) is 26.0 Å². The summed E-state index contributed by atoms with van der Waals surface area (Å²) >= 11 is 0. The Labute approximate surface area is 114 Å². The van der Waals surface area contributed by atoms with Crippen molar-refractivity contribution in [1.82, 2.24) is 0 Å². The quantitative estimate of drug-likeness (QED) is 0.376. The van der Waals surface area contributed by atoms with E-state index in [9.17, 15) is 0 Å². The van der Waals surface area contributed by atoms with Crippen LogP contribution < -0.4 is 5.73 Å². The zero-order chi connectivity index (χ0) is 13.3. The van der Waals surface area contributed by atoms with Gasteiger partial charge in [-0.3, -0.25) is 0 Å². The molecule has 0 amide bonds. The van der Waals surface area contributed by atoms with Crippen molar-refractivity contribution >= 4 is 0 Å². The van der Waals surface area contributed by atoms with Crippen molar-refractivity contribution in [2.24, 2.45) is 5.73 Å². The van der Waals surface area contributed by atoms with Gasteiger partial charge in [0.2, 0.25) is 0 Å². The van der Waals surface area contributed by atoms with E-state index in [1.54, 1.807) is 0 Å². The van der Waals surface area contributed by atoms with Crippen LogP contribution in [-0.2, 0) is 0 Å². The molecule has 2 N–H and O–H groups in total. The molecule has 0 unspecified atom stereocenters. The van der Waals surface area contributed by atoms with E-state index in [4.69, 9.17) is 5.73 Å². The average Bonchev–Trinajstić information content (AvgIpc) is 2.39. The minimum Gasteiger partial charge on any atom is -0.330 e. The molecular weight excluding hydrogens is 218 g/mol. The number of hydrogen-bond donors (Lipinski definition) is 1. The fraction of sp³-hybridized carbons (Fsp3) is 0.647. The summed E-state index contributed by atoms with van der Waals surface area (Å²) in [6.07, 6.45) is 24.5. The molecule has 0 aromatic carbocycles. The molecule has 0 aliphatic carbocycles. The van der Waals surface area contributed by atoms with Gasteiger partial charge in [-0.05, 0) is 38.6 Å². The largest absolute Gasteiger partial charge is 0.330 e. The van der Waals surface area contributed by atoms with Gasteiger partial charge in [0.05, 0.1) is 0 Å². The fourth-order valence-electron chi connectivity index (χ4n) is 1.75. The molecule has 0 aliphatic rings. The highest BCUT2D eigenvalue weighted by atomic mass is 14.5. The SMILES string of the molecule is CCCCC\C=C/C=C/C=C/CCCCCCN. The molecular formula is C17H31N. The summed E-state index contributed by atoms with van der Waals surface area (Å²) in [5.41, 5.74) is 5.45. The molecule has 0 aliphatic heterocycles. The van der Waals surface area contributed by atoms with E-state index in [-0.39, 0.29) is 0 Å². The van der Waals surface area contributed by atoms with Crippen LogP contribution in [0.1, 0.15) is 64.7 Å². The van der Waals surface area contributed by atoms with Gasteiger partial charge in [-0.15, -0.1) is 0 Å². The lowest BCUT2D eigenvalue weighted by atomic mass is 10.1. The molecule has 0 aromatic heterocycles. The van der Waals surface area contributed by atoms with Crippen LogP contribution in [0.4, 0.5) is 0 Å². The Morgan fingerprint density at radius 3 is 1.78 bits per heavy atom. The van der Waals surface area contributed by atoms with Gasteiger partial charge in [0.1, 0.15) is 0 Å². The minimum absolute atomic E-state index is 0.836. The lowest BCUT2D eigenvalue weighted by molar-refractivity contribution is 0.653. The zero-order valence-corrected chi connectivity index (χ0v) is 12.1. The first-order valence-corrected chi connectivity index (χ1v) is 7.60. The Bertz CT molecular complexity index is 226. The molecule has 104 valence electrons. The van der Waals surface area contributed by atoms with Gasteiger partial charge >= 0.3 is 0 Å². The van der Waals surface area contributed by atoms with Crippen LogP contribution in [0.3, 0.4) is 0 Å². The number of hydrogen-bond acceptors (Lipinski definition) is 1. The van der Waals surface area contributed by atoms with E-state index in [1.807, 2.05) is 0 Å². The highest BCUT2D eigenvalue weighted by Gasteiger charge is 1.85. The maximum Gasteiger partial charge on any atom is -0.00773 e. The molecule has 0 atom stereocenters. The molecule has 0 radical (unpaired) electrons. The van der Waals surface area contributed by atoms with E-state index in [1.165, 1.54) is 57.8 Å². The lowest BCUT2D eigenvalue weighted by Crippen LogP contribution is -1.97. The molecule has 18 heavy (non-hydrogen) atoms. The normalized spacial score (nSPS) is 12.3. The first kappa shape index (κ1) is 17.2. The summed E-state index contributed by atoms with van der Waals surface area (Å²) in [6.45, 7) is 3.08. The second-order valence-electron chi connectivity index (χ2n) is 4.73. The standard InChI is InChI=1S/C17H31N/c1-2-3-4-5-6-7-8-9-10-11-12-13-14-15-16-17-18/h6-11H,2-5,12-18H2,1H3/b7-6-,9-8+,11-10+. The molecule has 0 fully saturated rings. The van der Waals surface area contributed by atoms with Crippen molar-refractivity contribution in [3.05, 3.63) is 36.5 Å². The van der Waals surface area contributed by atoms with E-state index in [0.29, 0.717) is 0 Å².